The van der Waals surface area contributed by atoms with Gasteiger partial charge >= 0.3 is 0 Å². The lowest BCUT2D eigenvalue weighted by Gasteiger charge is -2.46. The second-order valence-corrected chi connectivity index (χ2v) is 59.1. The number of rotatable bonds is 7. The van der Waals surface area contributed by atoms with Gasteiger partial charge in [-0.3, -0.25) is 0 Å². The second-order valence-electron chi connectivity index (χ2n) is 5.63. The van der Waals surface area contributed by atoms with Crippen molar-refractivity contribution in [3.05, 3.63) is 6.54 Å². The standard InChI is InChI=1S/C9H19N.H16P14/c1-3-7-10(2)8-5-4-6-9-10;1-9(2)13(10(3)4)14(11(5)6)12(7)8/h7H,3-6,8-9H2,1-2H3;1-8H2. The summed E-state index contributed by atoms with van der Waals surface area (Å²) >= 11 is 0. The third-order valence-electron chi connectivity index (χ3n) is 3.45. The average molecular weight is 591 g/mol. The molecule has 24 heavy (non-hydrogen) atoms. The van der Waals surface area contributed by atoms with Crippen molar-refractivity contribution in [3.63, 3.8) is 0 Å². The van der Waals surface area contributed by atoms with E-state index in [2.05, 4.69) is 91.9 Å². The molecule has 0 amide bonds. The van der Waals surface area contributed by atoms with Gasteiger partial charge in [0, 0.05) is 7.05 Å². The molecule has 1 saturated heterocycles. The van der Waals surface area contributed by atoms with Crippen molar-refractivity contribution in [3.8, 4) is 0 Å². The van der Waals surface area contributed by atoms with E-state index in [0.29, 0.717) is 0 Å². The van der Waals surface area contributed by atoms with Crippen molar-refractivity contribution in [1.29, 1.82) is 0 Å². The van der Waals surface area contributed by atoms with E-state index in [1.807, 2.05) is 0 Å². The smallest absolute Gasteiger partial charge is 0.0545 e. The number of hydrogen-bond donors (Lipinski definition) is 0. The van der Waals surface area contributed by atoms with Crippen LogP contribution in [0.2, 0.25) is 0 Å². The highest BCUT2D eigenvalue weighted by Crippen LogP contribution is 3.21. The number of nitrogens with zero attached hydrogens (tertiary/aromatic N) is 1. The minimum absolute atomic E-state index is 0.0856. The molecular formula is C9H35NP14. The first-order chi connectivity index (χ1) is 11.1. The minimum atomic E-state index is 0.0856. The molecule has 1 rings (SSSR count). The summed E-state index contributed by atoms with van der Waals surface area (Å²) in [7, 11) is 26.7. The van der Waals surface area contributed by atoms with Crippen molar-refractivity contribution in [2.75, 3.05) is 20.1 Å². The monoisotopic (exact) mass is 591 g/mol. The zero-order valence-corrected chi connectivity index (χ0v) is 29.2. The van der Waals surface area contributed by atoms with Crippen LogP contribution < -0.4 is 0 Å². The number of likely N-dealkylation sites (tertiary alicyclic amines) is 1. The van der Waals surface area contributed by atoms with Crippen LogP contribution in [-0.2, 0) is 0 Å². The molecule has 0 aliphatic carbocycles. The summed E-state index contributed by atoms with van der Waals surface area (Å²) in [6, 6.07) is 0. The lowest BCUT2D eigenvalue weighted by Crippen LogP contribution is -2.45. The molecule has 0 aromatic heterocycles. The molecule has 1 heterocycles. The molecule has 0 radical (unpaired) electrons. The van der Waals surface area contributed by atoms with Crippen LogP contribution in [-0.4, -0.2) is 24.6 Å². The molecule has 1 aliphatic heterocycles. The fourth-order valence-corrected chi connectivity index (χ4v) is 150. The molecule has 8 unspecified atom stereocenters. The molecule has 0 saturated carbocycles. The third-order valence-corrected chi connectivity index (χ3v) is 82.3. The maximum atomic E-state index is 3.05. The van der Waals surface area contributed by atoms with Gasteiger partial charge in [-0.05, 0) is 61.2 Å². The fraction of sp³-hybridized carbons (Fsp3) is 0.889. The van der Waals surface area contributed by atoms with E-state index in [-0.39, 0.29) is 41.9 Å². The van der Waals surface area contributed by atoms with Crippen molar-refractivity contribution in [2.24, 2.45) is 0 Å². The predicted octanol–water partition coefficient (Wildman–Crippen LogP) is 9.96. The average Bonchev–Trinajstić information content (AvgIpc) is 2.44. The highest BCUT2D eigenvalue weighted by atomic mass is 33.3. The highest BCUT2D eigenvalue weighted by Gasteiger charge is 2.32. The van der Waals surface area contributed by atoms with Crippen LogP contribution in [0.25, 0.3) is 0 Å². The topological polar surface area (TPSA) is 0 Å². The van der Waals surface area contributed by atoms with Crippen LogP contribution in [0.3, 0.4) is 0 Å². The second kappa shape index (κ2) is 16.6. The summed E-state index contributed by atoms with van der Waals surface area (Å²) in [5.41, 5.74) is 0. The normalized spacial score (nSPS) is 18.0. The molecule has 1 aliphatic rings. The Kier molecular flexibility index (Phi) is 20.7. The number of quaternary nitrogens is 1. The maximum absolute atomic E-state index is 3.05. The molecule has 1 nitrogen and oxygen atoms in total. The van der Waals surface area contributed by atoms with E-state index < -0.39 is 0 Å². The van der Waals surface area contributed by atoms with Gasteiger partial charge in [-0.1, -0.05) is 6.92 Å². The zero-order valence-electron chi connectivity index (χ0n) is 14.6. The van der Waals surface area contributed by atoms with Crippen molar-refractivity contribution >= 4 is 113 Å². The van der Waals surface area contributed by atoms with Gasteiger partial charge in [0.05, 0.1) is 13.1 Å². The van der Waals surface area contributed by atoms with Gasteiger partial charge in [0.25, 0.3) is 0 Å². The van der Waals surface area contributed by atoms with E-state index in [0.717, 1.165) is 0 Å². The fourth-order valence-electron chi connectivity index (χ4n) is 2.47. The van der Waals surface area contributed by atoms with Gasteiger partial charge in [0.15, 0.2) is 0 Å². The van der Waals surface area contributed by atoms with Crippen LogP contribution in [0.1, 0.15) is 32.6 Å². The molecule has 8 atom stereocenters. The predicted molar refractivity (Wildman–Crippen MR) is 164 cm³/mol. The Balaban J connectivity index is 0.000000463. The third kappa shape index (κ3) is 12.7. The molecule has 1 fully saturated rings. The lowest BCUT2D eigenvalue weighted by molar-refractivity contribution is -0.886. The first-order valence-electron chi connectivity index (χ1n) is 7.52. The van der Waals surface area contributed by atoms with Crippen LogP contribution in [0.4, 0.5) is 0 Å². The van der Waals surface area contributed by atoms with Crippen molar-refractivity contribution in [2.45, 2.75) is 32.6 Å². The summed E-state index contributed by atoms with van der Waals surface area (Å²) in [6.07, 6.45) is 5.52. The van der Waals surface area contributed by atoms with Gasteiger partial charge in [-0.15, -0.1) is 84.4 Å². The van der Waals surface area contributed by atoms with E-state index in [1.54, 1.807) is 0 Å². The van der Waals surface area contributed by atoms with Gasteiger partial charge in [0.2, 0.25) is 0 Å². The summed E-state index contributed by atoms with van der Waals surface area (Å²) in [5.74, 6) is 0. The molecule has 0 aromatic carbocycles. The minimum Gasteiger partial charge on any atom is -0.457 e. The molecule has 0 N–H and O–H groups in total. The van der Waals surface area contributed by atoms with Gasteiger partial charge in [-0.2, -0.15) is 0 Å². The Labute approximate surface area is 176 Å². The Morgan fingerprint density at radius 2 is 1.04 bits per heavy atom. The Morgan fingerprint density at radius 1 is 0.708 bits per heavy atom. The molecule has 146 valence electrons. The summed E-state index contributed by atoms with van der Waals surface area (Å²) in [4.78, 5) is 0. The SMILES string of the molecule is CC[CH-][N+]1(C)CCCCC1.PP(P)P(P(P)P)P(P(P)P)P(P)P. The van der Waals surface area contributed by atoms with E-state index in [9.17, 15) is 0 Å². The maximum Gasteiger partial charge on any atom is 0.0545 e. The molecule has 0 aromatic rings. The van der Waals surface area contributed by atoms with Crippen molar-refractivity contribution < 1.29 is 4.48 Å². The first kappa shape index (κ1) is 30.0. The Morgan fingerprint density at radius 3 is 1.29 bits per heavy atom. The number of piperidine rings is 1. The summed E-state index contributed by atoms with van der Waals surface area (Å²) in [5, 5.41) is 0. The van der Waals surface area contributed by atoms with Gasteiger partial charge in [-0.25, -0.2) is 0 Å². The first-order valence-corrected chi connectivity index (χ1v) is 32.0. The van der Waals surface area contributed by atoms with Gasteiger partial charge < -0.3 is 4.48 Å². The number of hydrogen-bond acceptors (Lipinski definition) is 0. The largest absolute Gasteiger partial charge is 0.457 e. The highest BCUT2D eigenvalue weighted by molar-refractivity contribution is 9.27. The Bertz CT molecular complexity index is 280. The zero-order chi connectivity index (χ0) is 18.9. The van der Waals surface area contributed by atoms with Crippen LogP contribution >= 0.6 is 113 Å². The van der Waals surface area contributed by atoms with Crippen LogP contribution in [0.15, 0.2) is 0 Å². The van der Waals surface area contributed by atoms with Gasteiger partial charge in [0.1, 0.15) is 0 Å². The molecule has 0 bridgehead atoms. The van der Waals surface area contributed by atoms with Crippen LogP contribution in [0.5, 0.6) is 0 Å². The van der Waals surface area contributed by atoms with Crippen LogP contribution in [0, 0.1) is 6.54 Å². The Hall–Kier alpha value is 5.98. The molecule has 0 spiro atoms. The van der Waals surface area contributed by atoms with E-state index >= 15 is 0 Å². The quantitative estimate of drug-likeness (QED) is 0.157. The van der Waals surface area contributed by atoms with E-state index in [1.165, 1.54) is 43.3 Å². The summed E-state index contributed by atoms with van der Waals surface area (Å²) in [6.45, 7) is 8.16. The van der Waals surface area contributed by atoms with E-state index in [4.69, 9.17) is 0 Å². The lowest BCUT2D eigenvalue weighted by atomic mass is 10.1. The molecule has 15 heteroatoms. The summed E-state index contributed by atoms with van der Waals surface area (Å²) < 4.78 is 1.22. The van der Waals surface area contributed by atoms with Crippen molar-refractivity contribution in [1.82, 2.24) is 0 Å². The molecular weight excluding hydrogens is 556 g/mol.